The molecule has 5 heteroatoms. The van der Waals surface area contributed by atoms with Crippen molar-refractivity contribution in [1.29, 1.82) is 0 Å². The average molecular weight is 278 g/mol. The van der Waals surface area contributed by atoms with Gasteiger partial charge in [-0.15, -0.1) is 0 Å². The minimum Gasteiger partial charge on any atom is -0.504 e. The summed E-state index contributed by atoms with van der Waals surface area (Å²) in [6.45, 7) is 2.65. The van der Waals surface area contributed by atoms with E-state index in [0.717, 1.165) is 31.5 Å². The van der Waals surface area contributed by atoms with Crippen LogP contribution < -0.4 is 10.1 Å². The van der Waals surface area contributed by atoms with Gasteiger partial charge in [-0.2, -0.15) is 0 Å². The average Bonchev–Trinajstić information content (AvgIpc) is 2.48. The van der Waals surface area contributed by atoms with Crippen LogP contribution in [0, 0.1) is 0 Å². The number of carbonyl (C=O) groups is 1. The van der Waals surface area contributed by atoms with E-state index in [1.54, 1.807) is 12.1 Å². The van der Waals surface area contributed by atoms with Gasteiger partial charge in [0.05, 0.1) is 13.7 Å². The van der Waals surface area contributed by atoms with E-state index in [0.29, 0.717) is 18.8 Å². The monoisotopic (exact) mass is 278 g/mol. The minimum atomic E-state index is 0.120. The fraction of sp³-hybridized carbons (Fsp3) is 0.533. The largest absolute Gasteiger partial charge is 0.504 e. The lowest BCUT2D eigenvalue weighted by molar-refractivity contribution is -0.131. The Morgan fingerprint density at radius 1 is 1.35 bits per heavy atom. The SMILES string of the molecule is COc1ccc(CNCC(=O)N2CCCCC2)cc1O. The van der Waals surface area contributed by atoms with Crippen molar-refractivity contribution in [3.8, 4) is 11.5 Å². The van der Waals surface area contributed by atoms with Crippen LogP contribution in [0.4, 0.5) is 0 Å². The Kier molecular flexibility index (Phi) is 5.24. The van der Waals surface area contributed by atoms with Crippen molar-refractivity contribution in [3.63, 3.8) is 0 Å². The van der Waals surface area contributed by atoms with E-state index in [4.69, 9.17) is 4.74 Å². The topological polar surface area (TPSA) is 61.8 Å². The van der Waals surface area contributed by atoms with Crippen molar-refractivity contribution >= 4 is 5.91 Å². The first-order valence-electron chi connectivity index (χ1n) is 7.05. The Morgan fingerprint density at radius 2 is 2.10 bits per heavy atom. The molecule has 1 amide bonds. The summed E-state index contributed by atoms with van der Waals surface area (Å²) in [4.78, 5) is 13.9. The van der Waals surface area contributed by atoms with Crippen LogP contribution in [0.2, 0.25) is 0 Å². The summed E-state index contributed by atoms with van der Waals surface area (Å²) >= 11 is 0. The van der Waals surface area contributed by atoms with Gasteiger partial charge in [-0.3, -0.25) is 4.79 Å². The lowest BCUT2D eigenvalue weighted by atomic mass is 10.1. The summed E-state index contributed by atoms with van der Waals surface area (Å²) < 4.78 is 4.99. The number of aromatic hydroxyl groups is 1. The zero-order valence-corrected chi connectivity index (χ0v) is 11.9. The first-order chi connectivity index (χ1) is 9.70. The highest BCUT2D eigenvalue weighted by Crippen LogP contribution is 2.25. The van der Waals surface area contributed by atoms with Crippen molar-refractivity contribution in [2.45, 2.75) is 25.8 Å². The molecule has 1 saturated heterocycles. The molecule has 0 aromatic heterocycles. The van der Waals surface area contributed by atoms with E-state index >= 15 is 0 Å². The van der Waals surface area contributed by atoms with Crippen LogP contribution in [0.25, 0.3) is 0 Å². The normalized spacial score (nSPS) is 15.2. The third-order valence-corrected chi connectivity index (χ3v) is 3.56. The molecule has 2 rings (SSSR count). The van der Waals surface area contributed by atoms with Gasteiger partial charge in [0, 0.05) is 19.6 Å². The van der Waals surface area contributed by atoms with Crippen LogP contribution in [-0.2, 0) is 11.3 Å². The van der Waals surface area contributed by atoms with Gasteiger partial charge >= 0.3 is 0 Å². The van der Waals surface area contributed by atoms with Crippen molar-refractivity contribution in [1.82, 2.24) is 10.2 Å². The van der Waals surface area contributed by atoms with E-state index in [-0.39, 0.29) is 11.7 Å². The highest BCUT2D eigenvalue weighted by Gasteiger charge is 2.15. The Morgan fingerprint density at radius 3 is 2.75 bits per heavy atom. The van der Waals surface area contributed by atoms with E-state index < -0.39 is 0 Å². The summed E-state index contributed by atoms with van der Waals surface area (Å²) in [5.74, 6) is 0.731. The number of nitrogens with zero attached hydrogens (tertiary/aromatic N) is 1. The quantitative estimate of drug-likeness (QED) is 0.857. The summed E-state index contributed by atoms with van der Waals surface area (Å²) in [7, 11) is 1.52. The second kappa shape index (κ2) is 7.14. The number of likely N-dealkylation sites (tertiary alicyclic amines) is 1. The highest BCUT2D eigenvalue weighted by molar-refractivity contribution is 5.78. The third-order valence-electron chi connectivity index (χ3n) is 3.56. The maximum atomic E-state index is 11.9. The fourth-order valence-corrected chi connectivity index (χ4v) is 2.41. The number of rotatable bonds is 5. The van der Waals surface area contributed by atoms with Gasteiger partial charge in [-0.25, -0.2) is 0 Å². The van der Waals surface area contributed by atoms with Crippen LogP contribution >= 0.6 is 0 Å². The molecule has 2 N–H and O–H groups in total. The van der Waals surface area contributed by atoms with Gasteiger partial charge in [-0.1, -0.05) is 6.07 Å². The maximum Gasteiger partial charge on any atom is 0.236 e. The van der Waals surface area contributed by atoms with Crippen LogP contribution in [0.1, 0.15) is 24.8 Å². The number of hydrogen-bond acceptors (Lipinski definition) is 4. The minimum absolute atomic E-state index is 0.120. The molecule has 110 valence electrons. The number of piperidine rings is 1. The molecule has 1 aromatic carbocycles. The molecule has 0 spiro atoms. The first kappa shape index (κ1) is 14.7. The Bertz CT molecular complexity index is 456. The molecule has 1 aliphatic rings. The van der Waals surface area contributed by atoms with Crippen LogP contribution in [-0.4, -0.2) is 42.7 Å². The number of phenols is 1. The number of ether oxygens (including phenoxy) is 1. The molecular weight excluding hydrogens is 256 g/mol. The molecule has 5 nitrogen and oxygen atoms in total. The van der Waals surface area contributed by atoms with Crippen molar-refractivity contribution < 1.29 is 14.6 Å². The van der Waals surface area contributed by atoms with Crippen molar-refractivity contribution in [3.05, 3.63) is 23.8 Å². The number of methoxy groups -OCH3 is 1. The van der Waals surface area contributed by atoms with E-state index in [1.807, 2.05) is 11.0 Å². The second-order valence-electron chi connectivity index (χ2n) is 5.05. The lowest BCUT2D eigenvalue weighted by Gasteiger charge is -2.26. The van der Waals surface area contributed by atoms with Crippen LogP contribution in [0.15, 0.2) is 18.2 Å². The third kappa shape index (κ3) is 3.87. The summed E-state index contributed by atoms with van der Waals surface area (Å²) in [5.41, 5.74) is 0.926. The van der Waals surface area contributed by atoms with Crippen molar-refractivity contribution in [2.75, 3.05) is 26.7 Å². The molecule has 1 aliphatic heterocycles. The van der Waals surface area contributed by atoms with Gasteiger partial charge in [0.15, 0.2) is 11.5 Å². The fourth-order valence-electron chi connectivity index (χ4n) is 2.41. The standard InChI is InChI=1S/C15H22N2O3/c1-20-14-6-5-12(9-13(14)18)10-16-11-15(19)17-7-3-2-4-8-17/h5-6,9,16,18H,2-4,7-8,10-11H2,1H3. The molecule has 0 aliphatic carbocycles. The lowest BCUT2D eigenvalue weighted by Crippen LogP contribution is -2.40. The number of hydrogen-bond donors (Lipinski definition) is 2. The van der Waals surface area contributed by atoms with E-state index in [9.17, 15) is 9.90 Å². The Labute approximate surface area is 119 Å². The Hall–Kier alpha value is -1.75. The molecule has 0 atom stereocenters. The van der Waals surface area contributed by atoms with Gasteiger partial charge in [0.1, 0.15) is 0 Å². The molecule has 0 saturated carbocycles. The molecular formula is C15H22N2O3. The zero-order chi connectivity index (χ0) is 14.4. The summed E-state index contributed by atoms with van der Waals surface area (Å²) in [6.07, 6.45) is 3.44. The van der Waals surface area contributed by atoms with Crippen molar-refractivity contribution in [2.24, 2.45) is 0 Å². The predicted molar refractivity (Wildman–Crippen MR) is 76.8 cm³/mol. The molecule has 1 fully saturated rings. The Balaban J connectivity index is 1.77. The highest BCUT2D eigenvalue weighted by atomic mass is 16.5. The van der Waals surface area contributed by atoms with Crippen LogP contribution in [0.5, 0.6) is 11.5 Å². The number of nitrogens with one attached hydrogen (secondary N) is 1. The van der Waals surface area contributed by atoms with E-state index in [2.05, 4.69) is 5.32 Å². The van der Waals surface area contributed by atoms with Crippen LogP contribution in [0.3, 0.4) is 0 Å². The zero-order valence-electron chi connectivity index (χ0n) is 11.9. The van der Waals surface area contributed by atoms with Gasteiger partial charge in [-0.05, 0) is 37.0 Å². The number of carbonyl (C=O) groups excluding carboxylic acids is 1. The molecule has 1 aromatic rings. The second-order valence-corrected chi connectivity index (χ2v) is 5.05. The smallest absolute Gasteiger partial charge is 0.236 e. The molecule has 0 radical (unpaired) electrons. The molecule has 0 unspecified atom stereocenters. The first-order valence-corrected chi connectivity index (χ1v) is 7.05. The summed E-state index contributed by atoms with van der Waals surface area (Å²) in [5, 5.41) is 12.8. The predicted octanol–water partition coefficient (Wildman–Crippen LogP) is 1.50. The molecule has 20 heavy (non-hydrogen) atoms. The summed E-state index contributed by atoms with van der Waals surface area (Å²) in [6, 6.07) is 5.24. The number of amides is 1. The van der Waals surface area contributed by atoms with Gasteiger partial charge in [0.25, 0.3) is 0 Å². The van der Waals surface area contributed by atoms with E-state index in [1.165, 1.54) is 13.5 Å². The molecule has 0 bridgehead atoms. The number of benzene rings is 1. The number of phenolic OH excluding ortho intramolecular Hbond substituents is 1. The maximum absolute atomic E-state index is 11.9. The van der Waals surface area contributed by atoms with Gasteiger partial charge in [0.2, 0.25) is 5.91 Å². The molecule has 1 heterocycles. The van der Waals surface area contributed by atoms with Gasteiger partial charge < -0.3 is 20.1 Å².